The largest absolute Gasteiger partial charge is 0.268 e. The van der Waals surface area contributed by atoms with Crippen molar-refractivity contribution in [1.29, 1.82) is 0 Å². The van der Waals surface area contributed by atoms with E-state index in [0.717, 1.165) is 10.8 Å². The Morgan fingerprint density at radius 1 is 0.619 bits per heavy atom. The quantitative estimate of drug-likeness (QED) is 0.635. The fraction of sp³-hybridized carbons (Fsp3) is 0. The van der Waals surface area contributed by atoms with Crippen molar-refractivity contribution >= 4 is 28.3 Å². The number of carbonyl (C=O) groups excluding carboxylic acids is 2. The van der Waals surface area contributed by atoms with Gasteiger partial charge in [-0.1, -0.05) is 48.5 Å². The summed E-state index contributed by atoms with van der Waals surface area (Å²) in [5.41, 5.74) is 1.57. The van der Waals surface area contributed by atoms with Crippen LogP contribution in [0.25, 0.3) is 10.8 Å². The van der Waals surface area contributed by atoms with Crippen molar-refractivity contribution < 1.29 is 9.59 Å². The smallest absolute Gasteiger partial charge is 0.266 e. The molecule has 1 heterocycles. The number of hydrogen-bond donors (Lipinski definition) is 0. The van der Waals surface area contributed by atoms with Gasteiger partial charge in [-0.15, -0.1) is 0 Å². The zero-order valence-electron chi connectivity index (χ0n) is 11.1. The topological polar surface area (TPSA) is 37.4 Å². The second-order valence-corrected chi connectivity index (χ2v) is 4.99. The van der Waals surface area contributed by atoms with Crippen LogP contribution in [0.15, 0.2) is 66.7 Å². The lowest BCUT2D eigenvalue weighted by Crippen LogP contribution is -2.29. The van der Waals surface area contributed by atoms with Gasteiger partial charge in [-0.2, -0.15) is 0 Å². The minimum absolute atomic E-state index is 0.257. The average molecular weight is 273 g/mol. The molecule has 0 atom stereocenters. The van der Waals surface area contributed by atoms with Gasteiger partial charge < -0.3 is 0 Å². The lowest BCUT2D eigenvalue weighted by atomic mass is 10.1. The molecule has 1 aliphatic rings. The van der Waals surface area contributed by atoms with E-state index < -0.39 is 0 Å². The Kier molecular flexibility index (Phi) is 2.42. The molecule has 21 heavy (non-hydrogen) atoms. The van der Waals surface area contributed by atoms with Crippen LogP contribution in [0.1, 0.15) is 20.7 Å². The normalized spacial score (nSPS) is 13.8. The summed E-state index contributed by atoms with van der Waals surface area (Å²) in [6, 6.07) is 20.3. The summed E-state index contributed by atoms with van der Waals surface area (Å²) in [5, 5.41) is 1.90. The van der Waals surface area contributed by atoms with E-state index in [4.69, 9.17) is 0 Å². The Labute approximate surface area is 121 Å². The second kappa shape index (κ2) is 4.28. The maximum absolute atomic E-state index is 12.6. The Balaban J connectivity index is 1.95. The summed E-state index contributed by atoms with van der Waals surface area (Å²) in [6.45, 7) is 0. The molecular formula is C18H11NO2. The molecular weight excluding hydrogens is 262 g/mol. The number of hydrogen-bond acceptors (Lipinski definition) is 2. The summed E-state index contributed by atoms with van der Waals surface area (Å²) in [5.74, 6) is -0.515. The number of rotatable bonds is 1. The van der Waals surface area contributed by atoms with Crippen molar-refractivity contribution in [2.45, 2.75) is 0 Å². The fourth-order valence-corrected chi connectivity index (χ4v) is 2.81. The van der Waals surface area contributed by atoms with Crippen molar-refractivity contribution in [3.8, 4) is 0 Å². The summed E-state index contributed by atoms with van der Waals surface area (Å²) >= 11 is 0. The van der Waals surface area contributed by atoms with E-state index in [2.05, 4.69) is 0 Å². The predicted octanol–water partition coefficient (Wildman–Crippen LogP) is 3.64. The SMILES string of the molecule is O=C1c2ccccc2C(=O)N1c1cccc2ccccc12. The first-order valence-electron chi connectivity index (χ1n) is 6.73. The molecule has 3 nitrogen and oxygen atoms in total. The Bertz CT molecular complexity index is 858. The molecule has 100 valence electrons. The molecule has 3 aromatic carbocycles. The van der Waals surface area contributed by atoms with Crippen molar-refractivity contribution in [1.82, 2.24) is 0 Å². The second-order valence-electron chi connectivity index (χ2n) is 4.99. The van der Waals surface area contributed by atoms with Gasteiger partial charge >= 0.3 is 0 Å². The number of carbonyl (C=O) groups is 2. The van der Waals surface area contributed by atoms with Gasteiger partial charge in [0.1, 0.15) is 0 Å². The number of nitrogens with zero attached hydrogens (tertiary/aromatic N) is 1. The van der Waals surface area contributed by atoms with Crippen molar-refractivity contribution in [3.05, 3.63) is 77.9 Å². The van der Waals surface area contributed by atoms with Gasteiger partial charge in [0.25, 0.3) is 11.8 Å². The molecule has 0 unspecified atom stereocenters. The average Bonchev–Trinajstić information content (AvgIpc) is 2.79. The molecule has 1 aliphatic heterocycles. The van der Waals surface area contributed by atoms with Crippen molar-refractivity contribution in [3.63, 3.8) is 0 Å². The van der Waals surface area contributed by atoms with Gasteiger partial charge in [0.15, 0.2) is 0 Å². The highest BCUT2D eigenvalue weighted by molar-refractivity contribution is 6.35. The van der Waals surface area contributed by atoms with Crippen LogP contribution in [0.2, 0.25) is 0 Å². The molecule has 0 aromatic heterocycles. The summed E-state index contributed by atoms with van der Waals surface area (Å²) < 4.78 is 0. The highest BCUT2D eigenvalue weighted by Crippen LogP contribution is 2.33. The minimum atomic E-state index is -0.257. The first kappa shape index (κ1) is 11.9. The number of anilines is 1. The van der Waals surface area contributed by atoms with Crippen LogP contribution in [-0.2, 0) is 0 Å². The molecule has 3 heteroatoms. The van der Waals surface area contributed by atoms with E-state index in [9.17, 15) is 9.59 Å². The Morgan fingerprint density at radius 3 is 1.90 bits per heavy atom. The molecule has 4 rings (SSSR count). The lowest BCUT2D eigenvalue weighted by molar-refractivity contribution is 0.0926. The van der Waals surface area contributed by atoms with Gasteiger partial charge in [-0.25, -0.2) is 4.90 Å². The number of benzene rings is 3. The summed E-state index contributed by atoms with van der Waals surface area (Å²) in [7, 11) is 0. The molecule has 0 bridgehead atoms. The van der Waals surface area contributed by atoms with Crippen LogP contribution in [0.3, 0.4) is 0 Å². The molecule has 0 aliphatic carbocycles. The van der Waals surface area contributed by atoms with Crippen molar-refractivity contribution in [2.24, 2.45) is 0 Å². The first-order valence-corrected chi connectivity index (χ1v) is 6.73. The van der Waals surface area contributed by atoms with Gasteiger partial charge in [-0.3, -0.25) is 9.59 Å². The Hall–Kier alpha value is -2.94. The van der Waals surface area contributed by atoms with E-state index in [1.165, 1.54) is 4.90 Å². The predicted molar refractivity (Wildman–Crippen MR) is 81.5 cm³/mol. The highest BCUT2D eigenvalue weighted by Gasteiger charge is 2.36. The Morgan fingerprint density at radius 2 is 1.19 bits per heavy atom. The molecule has 0 fully saturated rings. The van der Waals surface area contributed by atoms with Crippen LogP contribution in [0, 0.1) is 0 Å². The molecule has 0 saturated carbocycles. The fourth-order valence-electron chi connectivity index (χ4n) is 2.81. The van der Waals surface area contributed by atoms with E-state index in [0.29, 0.717) is 16.8 Å². The van der Waals surface area contributed by atoms with Crippen LogP contribution >= 0.6 is 0 Å². The molecule has 0 spiro atoms. The minimum Gasteiger partial charge on any atom is -0.268 e. The molecule has 0 radical (unpaired) electrons. The third-order valence-electron chi connectivity index (χ3n) is 3.80. The maximum atomic E-state index is 12.6. The lowest BCUT2D eigenvalue weighted by Gasteiger charge is -2.16. The molecule has 0 N–H and O–H groups in total. The van der Waals surface area contributed by atoms with Crippen LogP contribution in [0.4, 0.5) is 5.69 Å². The van der Waals surface area contributed by atoms with Crippen LogP contribution in [-0.4, -0.2) is 11.8 Å². The van der Waals surface area contributed by atoms with E-state index >= 15 is 0 Å². The number of fused-ring (bicyclic) bond motifs is 2. The van der Waals surface area contributed by atoms with Crippen LogP contribution in [0.5, 0.6) is 0 Å². The monoisotopic (exact) mass is 273 g/mol. The third kappa shape index (κ3) is 1.61. The van der Waals surface area contributed by atoms with Gasteiger partial charge in [0.2, 0.25) is 0 Å². The van der Waals surface area contributed by atoms with Gasteiger partial charge in [-0.05, 0) is 23.6 Å². The first-order chi connectivity index (χ1) is 10.3. The summed E-state index contributed by atoms with van der Waals surface area (Å²) in [6.07, 6.45) is 0. The standard InChI is InChI=1S/C18H11NO2/c20-17-14-9-3-4-10-15(14)18(21)19(17)16-11-5-7-12-6-1-2-8-13(12)16/h1-11H. The van der Waals surface area contributed by atoms with Gasteiger partial charge in [0, 0.05) is 5.39 Å². The maximum Gasteiger partial charge on any atom is 0.266 e. The van der Waals surface area contributed by atoms with Gasteiger partial charge in [0.05, 0.1) is 16.8 Å². The summed E-state index contributed by atoms with van der Waals surface area (Å²) in [4.78, 5) is 26.4. The molecule has 3 aromatic rings. The van der Waals surface area contributed by atoms with Crippen LogP contribution < -0.4 is 4.90 Å². The number of amides is 2. The van der Waals surface area contributed by atoms with Crippen molar-refractivity contribution in [2.75, 3.05) is 4.90 Å². The zero-order valence-corrected chi connectivity index (χ0v) is 11.1. The zero-order chi connectivity index (χ0) is 14.4. The van der Waals surface area contributed by atoms with E-state index in [1.807, 2.05) is 42.5 Å². The van der Waals surface area contributed by atoms with E-state index in [1.54, 1.807) is 24.3 Å². The number of imide groups is 1. The molecule has 0 saturated heterocycles. The van der Waals surface area contributed by atoms with E-state index in [-0.39, 0.29) is 11.8 Å². The third-order valence-corrected chi connectivity index (χ3v) is 3.80. The highest BCUT2D eigenvalue weighted by atomic mass is 16.2. The molecule has 2 amide bonds.